The predicted octanol–water partition coefficient (Wildman–Crippen LogP) is 1.33. The summed E-state index contributed by atoms with van der Waals surface area (Å²) in [6.07, 6.45) is 0. The summed E-state index contributed by atoms with van der Waals surface area (Å²) >= 11 is 1.59. The topological polar surface area (TPSA) is 75.3 Å². The third-order valence-corrected chi connectivity index (χ3v) is 5.42. The molecule has 2 N–H and O–H groups in total. The maximum atomic E-state index is 12.7. The molecule has 2 rings (SSSR count). The van der Waals surface area contributed by atoms with Crippen molar-refractivity contribution in [1.82, 2.24) is 5.32 Å². The van der Waals surface area contributed by atoms with E-state index in [2.05, 4.69) is 10.6 Å². The summed E-state index contributed by atoms with van der Waals surface area (Å²) in [4.78, 5) is 11.5. The van der Waals surface area contributed by atoms with Gasteiger partial charge in [-0.2, -0.15) is 20.5 Å². The number of hydrogen-bond acceptors (Lipinski definition) is 5. The lowest BCUT2D eigenvalue weighted by atomic mass is 10.2. The van der Waals surface area contributed by atoms with E-state index >= 15 is 0 Å². The van der Waals surface area contributed by atoms with Crippen molar-refractivity contribution in [2.45, 2.75) is 16.7 Å². The van der Waals surface area contributed by atoms with Crippen molar-refractivity contribution in [3.63, 3.8) is 0 Å². The quantitative estimate of drug-likeness (QED) is 0.867. The van der Waals surface area contributed by atoms with E-state index in [1.165, 1.54) is 18.2 Å². The fourth-order valence-electron chi connectivity index (χ4n) is 1.87. The van der Waals surface area contributed by atoms with E-state index in [0.717, 1.165) is 11.8 Å². The molecule has 0 radical (unpaired) electrons. The summed E-state index contributed by atoms with van der Waals surface area (Å²) in [7, 11) is -4.76. The smallest absolute Gasteiger partial charge is 0.324 e. The Morgan fingerprint density at radius 3 is 2.71 bits per heavy atom. The summed E-state index contributed by atoms with van der Waals surface area (Å²) in [5, 5.41) is 5.40. The summed E-state index contributed by atoms with van der Waals surface area (Å²) in [5.74, 6) is -2.52. The largest absolute Gasteiger partial charge is 0.341 e. The van der Waals surface area contributed by atoms with E-state index in [1.807, 2.05) is 0 Å². The second-order valence-corrected chi connectivity index (χ2v) is 7.41. The van der Waals surface area contributed by atoms with Crippen molar-refractivity contribution in [2.75, 3.05) is 23.4 Å². The number of carbonyl (C=O) groups is 1. The summed E-state index contributed by atoms with van der Waals surface area (Å²) < 4.78 is 48.5. The normalized spacial score (nSPS) is 19.5. The van der Waals surface area contributed by atoms with Crippen LogP contribution >= 0.6 is 11.8 Å². The molecule has 1 aromatic rings. The van der Waals surface area contributed by atoms with Gasteiger partial charge in [0, 0.05) is 18.1 Å². The standard InChI is InChI=1S/C12H14F2N2O3S2/c13-12(14)21(18,19)10-4-2-1-3-8(10)16-11(17)9-7-20-6-5-15-9/h1-4,9,12,15H,5-7H2,(H,16,17). The van der Waals surface area contributed by atoms with Crippen LogP contribution in [0.2, 0.25) is 0 Å². The van der Waals surface area contributed by atoms with Gasteiger partial charge in [0.2, 0.25) is 15.7 Å². The van der Waals surface area contributed by atoms with Crippen LogP contribution in [0, 0.1) is 0 Å². The van der Waals surface area contributed by atoms with Crippen LogP contribution in [0.25, 0.3) is 0 Å². The maximum absolute atomic E-state index is 12.7. The lowest BCUT2D eigenvalue weighted by Crippen LogP contribution is -2.46. The minimum absolute atomic E-state index is 0.125. The number of thioether (sulfide) groups is 1. The van der Waals surface area contributed by atoms with Gasteiger partial charge in [-0.3, -0.25) is 4.79 Å². The number of para-hydroxylation sites is 1. The van der Waals surface area contributed by atoms with Gasteiger partial charge in [0.25, 0.3) is 0 Å². The summed E-state index contributed by atoms with van der Waals surface area (Å²) in [5.41, 5.74) is -0.125. The number of amides is 1. The molecule has 21 heavy (non-hydrogen) atoms. The van der Waals surface area contributed by atoms with E-state index in [9.17, 15) is 22.0 Å². The van der Waals surface area contributed by atoms with Gasteiger partial charge in [-0.15, -0.1) is 0 Å². The fourth-order valence-corrected chi connectivity index (χ4v) is 3.69. The Morgan fingerprint density at radius 2 is 2.10 bits per heavy atom. The van der Waals surface area contributed by atoms with Gasteiger partial charge >= 0.3 is 5.76 Å². The zero-order chi connectivity index (χ0) is 15.5. The number of nitrogens with one attached hydrogen (secondary N) is 2. The number of hydrogen-bond donors (Lipinski definition) is 2. The highest BCUT2D eigenvalue weighted by Gasteiger charge is 2.30. The molecular formula is C12H14F2N2O3S2. The van der Waals surface area contributed by atoms with Crippen molar-refractivity contribution in [1.29, 1.82) is 0 Å². The molecule has 116 valence electrons. The van der Waals surface area contributed by atoms with E-state index in [0.29, 0.717) is 12.3 Å². The highest BCUT2D eigenvalue weighted by molar-refractivity contribution is 7.99. The Morgan fingerprint density at radius 1 is 1.38 bits per heavy atom. The Labute approximate surface area is 125 Å². The Balaban J connectivity index is 2.23. The number of benzene rings is 1. The molecule has 0 spiro atoms. The fraction of sp³-hybridized carbons (Fsp3) is 0.417. The maximum Gasteiger partial charge on any atom is 0.341 e. The van der Waals surface area contributed by atoms with Crippen LogP contribution in [0.4, 0.5) is 14.5 Å². The molecule has 1 unspecified atom stereocenters. The van der Waals surface area contributed by atoms with Gasteiger partial charge in [-0.1, -0.05) is 12.1 Å². The van der Waals surface area contributed by atoms with Gasteiger partial charge in [0.05, 0.1) is 16.6 Å². The van der Waals surface area contributed by atoms with Gasteiger partial charge in [0.1, 0.15) is 0 Å². The van der Waals surface area contributed by atoms with Crippen molar-refractivity contribution in [3.05, 3.63) is 24.3 Å². The van der Waals surface area contributed by atoms with Crippen molar-refractivity contribution < 1.29 is 22.0 Å². The number of anilines is 1. The van der Waals surface area contributed by atoms with Crippen LogP contribution in [-0.2, 0) is 14.6 Å². The molecule has 1 aliphatic heterocycles. The summed E-state index contributed by atoms with van der Waals surface area (Å²) in [6.45, 7) is 0.666. The zero-order valence-corrected chi connectivity index (χ0v) is 12.5. The highest BCUT2D eigenvalue weighted by atomic mass is 32.2. The van der Waals surface area contributed by atoms with E-state index in [4.69, 9.17) is 0 Å². The second-order valence-electron chi connectivity index (χ2n) is 4.37. The molecule has 1 fully saturated rings. The number of rotatable bonds is 4. The van der Waals surface area contributed by atoms with Crippen LogP contribution in [0.5, 0.6) is 0 Å². The first-order chi connectivity index (χ1) is 9.93. The van der Waals surface area contributed by atoms with Crippen LogP contribution in [0.1, 0.15) is 0 Å². The molecule has 0 aliphatic carbocycles. The molecule has 1 atom stereocenters. The number of halogens is 2. The Bertz CT molecular complexity index is 617. The molecule has 1 aromatic carbocycles. The third-order valence-electron chi connectivity index (χ3n) is 2.92. The first-order valence-electron chi connectivity index (χ1n) is 6.16. The van der Waals surface area contributed by atoms with Crippen LogP contribution in [0.15, 0.2) is 29.2 Å². The molecule has 0 saturated carbocycles. The highest BCUT2D eigenvalue weighted by Crippen LogP contribution is 2.26. The molecule has 0 bridgehead atoms. The Hall–Kier alpha value is -1.19. The SMILES string of the molecule is O=C(Nc1ccccc1S(=O)(=O)C(F)F)C1CSCCN1. The van der Waals surface area contributed by atoms with Crippen molar-refractivity contribution >= 4 is 33.2 Å². The first kappa shape index (κ1) is 16.2. The minimum Gasteiger partial charge on any atom is -0.324 e. The lowest BCUT2D eigenvalue weighted by Gasteiger charge is -2.22. The molecule has 0 aromatic heterocycles. The van der Waals surface area contributed by atoms with Crippen molar-refractivity contribution in [2.24, 2.45) is 0 Å². The van der Waals surface area contributed by atoms with E-state index in [1.54, 1.807) is 11.8 Å². The number of sulfone groups is 1. The van der Waals surface area contributed by atoms with Crippen LogP contribution in [0.3, 0.4) is 0 Å². The van der Waals surface area contributed by atoms with Crippen molar-refractivity contribution in [3.8, 4) is 0 Å². The average Bonchev–Trinajstić information content (AvgIpc) is 2.48. The van der Waals surface area contributed by atoms with E-state index < -0.39 is 32.4 Å². The van der Waals surface area contributed by atoms with Crippen LogP contribution in [-0.4, -0.2) is 44.2 Å². The van der Waals surface area contributed by atoms with Gasteiger partial charge in [-0.05, 0) is 12.1 Å². The van der Waals surface area contributed by atoms with E-state index in [-0.39, 0.29) is 5.69 Å². The average molecular weight is 336 g/mol. The molecule has 1 aliphatic rings. The molecular weight excluding hydrogens is 322 g/mol. The lowest BCUT2D eigenvalue weighted by molar-refractivity contribution is -0.117. The zero-order valence-electron chi connectivity index (χ0n) is 10.9. The van der Waals surface area contributed by atoms with Gasteiger partial charge < -0.3 is 10.6 Å². The molecule has 1 amide bonds. The molecule has 1 heterocycles. The van der Waals surface area contributed by atoms with Crippen LogP contribution < -0.4 is 10.6 Å². The molecule has 9 heteroatoms. The number of alkyl halides is 2. The molecule has 5 nitrogen and oxygen atoms in total. The summed E-state index contributed by atoms with van der Waals surface area (Å²) in [6, 6.07) is 4.69. The van der Waals surface area contributed by atoms with Gasteiger partial charge in [-0.25, -0.2) is 8.42 Å². The number of carbonyl (C=O) groups excluding carboxylic acids is 1. The first-order valence-corrected chi connectivity index (χ1v) is 8.86. The van der Waals surface area contributed by atoms with Gasteiger partial charge in [0.15, 0.2) is 0 Å². The molecule has 1 saturated heterocycles. The third kappa shape index (κ3) is 3.72. The monoisotopic (exact) mass is 336 g/mol. The Kier molecular flexibility index (Phi) is 5.17. The predicted molar refractivity (Wildman–Crippen MR) is 77.4 cm³/mol. The minimum atomic E-state index is -4.76. The second kappa shape index (κ2) is 6.71.